The van der Waals surface area contributed by atoms with Crippen LogP contribution in [0.3, 0.4) is 0 Å². The minimum Gasteiger partial charge on any atom is -0.497 e. The lowest BCUT2D eigenvalue weighted by molar-refractivity contribution is 0.414. The van der Waals surface area contributed by atoms with E-state index in [2.05, 4.69) is 271 Å². The third-order valence-electron chi connectivity index (χ3n) is 14.9. The van der Waals surface area contributed by atoms with Crippen molar-refractivity contribution in [1.82, 2.24) is 0 Å². The minimum atomic E-state index is 0.812. The topological polar surface area (TPSA) is 40.7 Å². The van der Waals surface area contributed by atoms with Gasteiger partial charge in [-0.05, 0) is 225 Å². The van der Waals surface area contributed by atoms with E-state index in [4.69, 9.17) is 14.2 Å². The maximum Gasteiger partial charge on any atom is 0.119 e. The van der Waals surface area contributed by atoms with Gasteiger partial charge in [-0.3, -0.25) is 0 Å². The molecule has 0 unspecified atom stereocenters. The normalized spacial score (nSPS) is 11.0. The maximum absolute atomic E-state index is 5.61. The Bertz CT molecular complexity index is 4070. The molecule has 0 aliphatic carbocycles. The van der Waals surface area contributed by atoms with Crippen LogP contribution in [0.15, 0.2) is 267 Å². The molecule has 12 aromatic rings. The third-order valence-corrected chi connectivity index (χ3v) is 17.2. The molecule has 2 heterocycles. The fourth-order valence-electron chi connectivity index (χ4n) is 10.3. The van der Waals surface area contributed by atoms with Gasteiger partial charge in [0.2, 0.25) is 0 Å². The van der Waals surface area contributed by atoms with E-state index < -0.39 is 0 Å². The number of ether oxygens (including phenoxy) is 3. The van der Waals surface area contributed by atoms with Gasteiger partial charge in [0.15, 0.2) is 0 Å². The summed E-state index contributed by atoms with van der Waals surface area (Å²) in [5.41, 5.74) is 18.9. The van der Waals surface area contributed by atoms with Crippen molar-refractivity contribution >= 4 is 89.5 Å². The van der Waals surface area contributed by atoms with Crippen molar-refractivity contribution in [3.8, 4) is 49.3 Å². The molecule has 0 atom stereocenters. The molecule has 0 aliphatic rings. The Balaban J connectivity index is 0.808. The highest BCUT2D eigenvalue weighted by Gasteiger charge is 2.21. The Hall–Kier alpha value is -9.80. The van der Waals surface area contributed by atoms with Crippen molar-refractivity contribution in [1.29, 1.82) is 0 Å². The Morgan fingerprint density at radius 2 is 0.410 bits per heavy atom. The molecule has 0 saturated heterocycles. The van der Waals surface area contributed by atoms with E-state index in [0.717, 1.165) is 106 Å². The first-order valence-electron chi connectivity index (χ1n) is 27.6. The van der Waals surface area contributed by atoms with E-state index in [-0.39, 0.29) is 0 Å². The van der Waals surface area contributed by atoms with E-state index in [1.807, 2.05) is 36.4 Å². The second-order valence-corrected chi connectivity index (χ2v) is 22.5. The van der Waals surface area contributed by atoms with E-state index in [1.165, 1.54) is 26.4 Å². The number of nitrogens with zero attached hydrogens (tertiary/aromatic N) is 4. The average Bonchev–Trinajstić information content (AvgIpc) is 4.48. The molecule has 0 bridgehead atoms. The van der Waals surface area contributed by atoms with Crippen LogP contribution in [0.1, 0.15) is 16.7 Å². The van der Waals surface area contributed by atoms with Gasteiger partial charge in [-0.1, -0.05) is 102 Å². The summed E-state index contributed by atoms with van der Waals surface area (Å²) in [5.74, 6) is 2.46. The molecular formula is C74H62N4O3S2. The Morgan fingerprint density at radius 1 is 0.217 bits per heavy atom. The molecule has 10 aromatic carbocycles. The molecule has 0 radical (unpaired) electrons. The number of hydrogen-bond donors (Lipinski definition) is 0. The smallest absolute Gasteiger partial charge is 0.119 e. The molecule has 408 valence electrons. The lowest BCUT2D eigenvalue weighted by Crippen LogP contribution is -2.09. The van der Waals surface area contributed by atoms with Crippen molar-refractivity contribution in [2.24, 2.45) is 0 Å². The molecule has 7 nitrogen and oxygen atoms in total. The van der Waals surface area contributed by atoms with E-state index >= 15 is 0 Å². The zero-order valence-electron chi connectivity index (χ0n) is 47.2. The first-order chi connectivity index (χ1) is 40.7. The molecule has 0 spiro atoms. The van der Waals surface area contributed by atoms with Crippen molar-refractivity contribution in [3.63, 3.8) is 0 Å². The van der Waals surface area contributed by atoms with Gasteiger partial charge in [0.25, 0.3) is 0 Å². The van der Waals surface area contributed by atoms with Gasteiger partial charge in [-0.25, -0.2) is 0 Å². The first-order valence-corrected chi connectivity index (χ1v) is 29.3. The molecule has 0 aliphatic heterocycles. The SMILES string of the molecule is COc1ccc(N(c2ccc(C)cc2)c2ccc(-c3ccc(N(c4ccc(C)cc4)c4ccc(-c5ccc(N(c6ccc(OC)cc6)c6ccc(-c7ccc(N(c8ccc(C)cc8)c8ccc(OC)cc8)cc7)cc6)s5)s4)cc3)cc2)cc1. The number of benzene rings is 10. The predicted octanol–water partition coefficient (Wildman–Crippen LogP) is 21.6. The fourth-order valence-corrected chi connectivity index (χ4v) is 12.5. The number of anilines is 12. The number of rotatable bonds is 18. The van der Waals surface area contributed by atoms with Crippen LogP contribution in [0.2, 0.25) is 0 Å². The van der Waals surface area contributed by atoms with Gasteiger partial charge in [0.05, 0.1) is 21.3 Å². The summed E-state index contributed by atoms with van der Waals surface area (Å²) in [4.78, 5) is 11.6. The summed E-state index contributed by atoms with van der Waals surface area (Å²) in [6.07, 6.45) is 0. The fraction of sp³-hybridized carbons (Fsp3) is 0.0811. The second-order valence-electron chi connectivity index (χ2n) is 20.4. The van der Waals surface area contributed by atoms with Crippen LogP contribution in [0.5, 0.6) is 17.2 Å². The van der Waals surface area contributed by atoms with Gasteiger partial charge < -0.3 is 33.8 Å². The Morgan fingerprint density at radius 3 is 0.627 bits per heavy atom. The second kappa shape index (κ2) is 24.1. The molecular weight excluding hydrogens is 1060 g/mol. The summed E-state index contributed by atoms with van der Waals surface area (Å²) >= 11 is 3.58. The lowest BCUT2D eigenvalue weighted by Gasteiger charge is -2.26. The van der Waals surface area contributed by atoms with Crippen LogP contribution in [0.4, 0.5) is 66.9 Å². The van der Waals surface area contributed by atoms with Crippen LogP contribution in [-0.2, 0) is 0 Å². The maximum atomic E-state index is 5.61. The number of hydrogen-bond acceptors (Lipinski definition) is 9. The summed E-state index contributed by atoms with van der Waals surface area (Å²) in [7, 11) is 5.10. The number of aryl methyl sites for hydroxylation is 3. The quantitative estimate of drug-likeness (QED) is 0.0848. The van der Waals surface area contributed by atoms with Crippen LogP contribution in [0.25, 0.3) is 32.0 Å². The van der Waals surface area contributed by atoms with Gasteiger partial charge in [0.1, 0.15) is 27.3 Å². The highest BCUT2D eigenvalue weighted by Crippen LogP contribution is 2.48. The van der Waals surface area contributed by atoms with E-state index in [1.54, 1.807) is 44.0 Å². The number of methoxy groups -OCH3 is 3. The third kappa shape index (κ3) is 11.7. The van der Waals surface area contributed by atoms with Crippen LogP contribution < -0.4 is 33.8 Å². The monoisotopic (exact) mass is 1120 g/mol. The van der Waals surface area contributed by atoms with Crippen molar-refractivity contribution in [2.75, 3.05) is 40.9 Å². The summed E-state index contributed by atoms with van der Waals surface area (Å²) in [6.45, 7) is 6.37. The van der Waals surface area contributed by atoms with Gasteiger partial charge >= 0.3 is 0 Å². The highest BCUT2D eigenvalue weighted by molar-refractivity contribution is 7.26. The van der Waals surface area contributed by atoms with Gasteiger partial charge in [-0.2, -0.15) is 0 Å². The zero-order valence-corrected chi connectivity index (χ0v) is 48.9. The molecule has 0 saturated carbocycles. The lowest BCUT2D eigenvalue weighted by atomic mass is 10.0. The Kier molecular flexibility index (Phi) is 15.6. The van der Waals surface area contributed by atoms with E-state index in [9.17, 15) is 0 Å². The summed E-state index contributed by atoms with van der Waals surface area (Å²) < 4.78 is 16.6. The molecule has 9 heteroatoms. The average molecular weight is 1120 g/mol. The van der Waals surface area contributed by atoms with Gasteiger partial charge in [0, 0.05) is 66.6 Å². The minimum absolute atomic E-state index is 0.812. The molecule has 2 aromatic heterocycles. The molecule has 0 amide bonds. The van der Waals surface area contributed by atoms with Crippen molar-refractivity contribution < 1.29 is 14.2 Å². The van der Waals surface area contributed by atoms with Crippen LogP contribution in [0, 0.1) is 20.8 Å². The zero-order chi connectivity index (χ0) is 56.8. The standard InChI is InChI=1S/C74H62N4O3S2/c1-51-7-21-58(22-8-51)75(62-35-41-68(79-4)42-36-62)60-27-13-54(14-28-60)56-17-31-65(32-18-56)77(64-25-11-53(3)12-26-64)73-49-47-71(82-73)72-48-50-74(83-72)78(67-39-45-70(81-6)46-40-67)66-33-19-57(20-34-66)55-15-29-61(30-16-55)76(59-23-9-52(2)10-24-59)63-37-43-69(80-5)44-38-63/h7-50H,1-6H3. The van der Waals surface area contributed by atoms with Crippen LogP contribution in [-0.4, -0.2) is 21.3 Å². The molecule has 83 heavy (non-hydrogen) atoms. The molecule has 0 fully saturated rings. The molecule has 0 N–H and O–H groups in total. The van der Waals surface area contributed by atoms with Crippen molar-refractivity contribution in [2.45, 2.75) is 20.8 Å². The largest absolute Gasteiger partial charge is 0.497 e. The predicted molar refractivity (Wildman–Crippen MR) is 351 cm³/mol. The van der Waals surface area contributed by atoms with Crippen molar-refractivity contribution in [3.05, 3.63) is 284 Å². The Labute approximate surface area is 495 Å². The first kappa shape index (κ1) is 53.8. The van der Waals surface area contributed by atoms with Gasteiger partial charge in [-0.15, -0.1) is 22.7 Å². The summed E-state index contributed by atoms with van der Waals surface area (Å²) in [5, 5.41) is 2.24. The highest BCUT2D eigenvalue weighted by atomic mass is 32.1. The van der Waals surface area contributed by atoms with Crippen LogP contribution >= 0.6 is 22.7 Å². The number of thiophene rings is 2. The molecule has 12 rings (SSSR count). The summed E-state index contributed by atoms with van der Waals surface area (Å²) in [6, 6.07) is 95.3. The van der Waals surface area contributed by atoms with E-state index in [0.29, 0.717) is 0 Å².